The predicted octanol–water partition coefficient (Wildman–Crippen LogP) is 4.66. The Morgan fingerprint density at radius 2 is 1.79 bits per heavy atom. The molecule has 0 fully saturated rings. The van der Waals surface area contributed by atoms with Gasteiger partial charge in [0.2, 0.25) is 0 Å². The monoisotopic (exact) mass is 392 g/mol. The molecule has 0 radical (unpaired) electrons. The van der Waals surface area contributed by atoms with E-state index in [0.29, 0.717) is 17.1 Å². The van der Waals surface area contributed by atoms with Gasteiger partial charge in [-0.1, -0.05) is 12.1 Å². The summed E-state index contributed by atoms with van der Waals surface area (Å²) in [5, 5.41) is 2.88. The standard InChI is InChI=1S/C21H26F2N2O3/c1-13(2)28-19-9-7-16(11-20(19)27-5)14(3)24-21(26)25(4)12-15-6-8-17(22)18(23)10-15/h6-11,13-14H,12H2,1-5H3,(H,24,26). The molecular formula is C21H26F2N2O3. The summed E-state index contributed by atoms with van der Waals surface area (Å²) in [4.78, 5) is 13.8. The summed E-state index contributed by atoms with van der Waals surface area (Å²) in [5.74, 6) is -0.628. The minimum Gasteiger partial charge on any atom is -0.493 e. The summed E-state index contributed by atoms with van der Waals surface area (Å²) in [6, 6.07) is 8.44. The van der Waals surface area contributed by atoms with Crippen LogP contribution in [-0.2, 0) is 6.54 Å². The lowest BCUT2D eigenvalue weighted by atomic mass is 10.1. The largest absolute Gasteiger partial charge is 0.493 e. The Morgan fingerprint density at radius 3 is 2.39 bits per heavy atom. The van der Waals surface area contributed by atoms with E-state index >= 15 is 0 Å². The second kappa shape index (κ2) is 9.39. The van der Waals surface area contributed by atoms with Gasteiger partial charge in [-0.15, -0.1) is 0 Å². The first-order chi connectivity index (χ1) is 13.2. The number of hydrogen-bond donors (Lipinski definition) is 1. The maximum absolute atomic E-state index is 13.3. The summed E-state index contributed by atoms with van der Waals surface area (Å²) in [6.07, 6.45) is 0.0156. The Labute approximate surface area is 164 Å². The first-order valence-electron chi connectivity index (χ1n) is 9.01. The molecule has 0 saturated heterocycles. The van der Waals surface area contributed by atoms with Crippen LogP contribution in [0.5, 0.6) is 11.5 Å². The molecule has 1 unspecified atom stereocenters. The number of rotatable bonds is 7. The van der Waals surface area contributed by atoms with Crippen LogP contribution in [-0.4, -0.2) is 31.2 Å². The molecule has 1 atom stereocenters. The van der Waals surface area contributed by atoms with Crippen LogP contribution in [0.15, 0.2) is 36.4 Å². The maximum Gasteiger partial charge on any atom is 0.317 e. The maximum atomic E-state index is 13.3. The molecule has 2 aromatic rings. The minimum absolute atomic E-state index is 0.0156. The molecule has 5 nitrogen and oxygen atoms in total. The van der Waals surface area contributed by atoms with Crippen molar-refractivity contribution in [3.63, 3.8) is 0 Å². The molecule has 0 aromatic heterocycles. The first-order valence-corrected chi connectivity index (χ1v) is 9.01. The second-order valence-corrected chi connectivity index (χ2v) is 6.85. The van der Waals surface area contributed by atoms with Gasteiger partial charge in [0.15, 0.2) is 23.1 Å². The molecular weight excluding hydrogens is 366 g/mol. The van der Waals surface area contributed by atoms with Gasteiger partial charge >= 0.3 is 6.03 Å². The number of nitrogens with one attached hydrogen (secondary N) is 1. The van der Waals surface area contributed by atoms with E-state index in [-0.39, 0.29) is 24.7 Å². The number of halogens is 2. The number of carbonyl (C=O) groups excluding carboxylic acids is 1. The fourth-order valence-corrected chi connectivity index (χ4v) is 2.67. The lowest BCUT2D eigenvalue weighted by Crippen LogP contribution is -2.38. The zero-order valence-corrected chi connectivity index (χ0v) is 16.8. The van der Waals surface area contributed by atoms with Crippen LogP contribution >= 0.6 is 0 Å². The van der Waals surface area contributed by atoms with E-state index < -0.39 is 11.6 Å². The van der Waals surface area contributed by atoms with E-state index in [4.69, 9.17) is 9.47 Å². The van der Waals surface area contributed by atoms with Gasteiger partial charge in [0.05, 0.1) is 19.3 Å². The summed E-state index contributed by atoms with van der Waals surface area (Å²) in [6.45, 7) is 5.86. The number of carbonyl (C=O) groups is 1. The van der Waals surface area contributed by atoms with E-state index in [9.17, 15) is 13.6 Å². The average Bonchev–Trinajstić information content (AvgIpc) is 2.64. The number of urea groups is 1. The quantitative estimate of drug-likeness (QED) is 0.745. The summed E-state index contributed by atoms with van der Waals surface area (Å²) < 4.78 is 37.4. The zero-order chi connectivity index (χ0) is 20.8. The van der Waals surface area contributed by atoms with E-state index in [1.54, 1.807) is 14.2 Å². The summed E-state index contributed by atoms with van der Waals surface area (Å²) >= 11 is 0. The van der Waals surface area contributed by atoms with Crippen molar-refractivity contribution >= 4 is 6.03 Å². The van der Waals surface area contributed by atoms with Crippen LogP contribution < -0.4 is 14.8 Å². The Bertz CT molecular complexity index is 827. The van der Waals surface area contributed by atoms with Crippen LogP contribution in [0.4, 0.5) is 13.6 Å². The molecule has 0 aliphatic rings. The molecule has 0 heterocycles. The Balaban J connectivity index is 2.03. The molecule has 0 aliphatic carbocycles. The van der Waals surface area contributed by atoms with Gasteiger partial charge in [-0.3, -0.25) is 0 Å². The van der Waals surface area contributed by atoms with Crippen molar-refractivity contribution in [2.24, 2.45) is 0 Å². The number of hydrogen-bond acceptors (Lipinski definition) is 3. The third kappa shape index (κ3) is 5.58. The highest BCUT2D eigenvalue weighted by Gasteiger charge is 2.16. The van der Waals surface area contributed by atoms with Crippen molar-refractivity contribution in [3.05, 3.63) is 59.2 Å². The lowest BCUT2D eigenvalue weighted by molar-refractivity contribution is 0.203. The molecule has 7 heteroatoms. The Morgan fingerprint density at radius 1 is 1.07 bits per heavy atom. The molecule has 1 N–H and O–H groups in total. The summed E-state index contributed by atoms with van der Waals surface area (Å²) in [5.41, 5.74) is 1.35. The van der Waals surface area contributed by atoms with Crippen LogP contribution in [0.1, 0.15) is 37.9 Å². The molecule has 0 bridgehead atoms. The van der Waals surface area contributed by atoms with Gasteiger partial charge in [-0.2, -0.15) is 0 Å². The SMILES string of the molecule is COc1cc(C(C)NC(=O)N(C)Cc2ccc(F)c(F)c2)ccc1OC(C)C. The van der Waals surface area contributed by atoms with Gasteiger partial charge in [-0.25, -0.2) is 13.6 Å². The number of benzene rings is 2. The van der Waals surface area contributed by atoms with E-state index in [1.807, 2.05) is 39.0 Å². The smallest absolute Gasteiger partial charge is 0.317 e. The van der Waals surface area contributed by atoms with Crippen LogP contribution in [0.25, 0.3) is 0 Å². The van der Waals surface area contributed by atoms with Crippen molar-refractivity contribution in [3.8, 4) is 11.5 Å². The molecule has 2 rings (SSSR count). The van der Waals surface area contributed by atoms with Gasteiger partial charge in [0.1, 0.15) is 0 Å². The highest BCUT2D eigenvalue weighted by atomic mass is 19.2. The van der Waals surface area contributed by atoms with Crippen molar-refractivity contribution in [2.75, 3.05) is 14.2 Å². The molecule has 0 saturated carbocycles. The van der Waals surface area contributed by atoms with E-state index in [2.05, 4.69) is 5.32 Å². The molecule has 0 aliphatic heterocycles. The Hall–Kier alpha value is -2.83. The molecule has 2 aromatic carbocycles. The van der Waals surface area contributed by atoms with Gasteiger partial charge in [-0.05, 0) is 56.2 Å². The normalized spacial score (nSPS) is 11.9. The number of methoxy groups -OCH3 is 1. The highest BCUT2D eigenvalue weighted by molar-refractivity contribution is 5.74. The minimum atomic E-state index is -0.935. The van der Waals surface area contributed by atoms with Crippen molar-refractivity contribution < 1.29 is 23.0 Å². The van der Waals surface area contributed by atoms with Crippen molar-refractivity contribution in [1.82, 2.24) is 10.2 Å². The van der Waals surface area contributed by atoms with Gasteiger partial charge < -0.3 is 19.7 Å². The Kier molecular flexibility index (Phi) is 7.20. The first kappa shape index (κ1) is 21.5. The van der Waals surface area contributed by atoms with Crippen LogP contribution in [0.2, 0.25) is 0 Å². The van der Waals surface area contributed by atoms with Crippen LogP contribution in [0.3, 0.4) is 0 Å². The highest BCUT2D eigenvalue weighted by Crippen LogP contribution is 2.31. The molecule has 28 heavy (non-hydrogen) atoms. The van der Waals surface area contributed by atoms with Crippen molar-refractivity contribution in [2.45, 2.75) is 39.5 Å². The fourth-order valence-electron chi connectivity index (χ4n) is 2.67. The van der Waals surface area contributed by atoms with Crippen LogP contribution in [0, 0.1) is 11.6 Å². The zero-order valence-electron chi connectivity index (χ0n) is 16.8. The van der Waals surface area contributed by atoms with Crippen molar-refractivity contribution in [1.29, 1.82) is 0 Å². The lowest BCUT2D eigenvalue weighted by Gasteiger charge is -2.22. The predicted molar refractivity (Wildman–Crippen MR) is 104 cm³/mol. The molecule has 2 amide bonds. The number of nitrogens with zero attached hydrogens (tertiary/aromatic N) is 1. The average molecular weight is 392 g/mol. The molecule has 152 valence electrons. The number of ether oxygens (including phenoxy) is 2. The summed E-state index contributed by atoms with van der Waals surface area (Å²) in [7, 11) is 3.15. The van der Waals surface area contributed by atoms with Gasteiger partial charge in [0, 0.05) is 13.6 Å². The third-order valence-corrected chi connectivity index (χ3v) is 4.14. The third-order valence-electron chi connectivity index (χ3n) is 4.14. The number of amides is 2. The second-order valence-electron chi connectivity index (χ2n) is 6.85. The molecule has 0 spiro atoms. The van der Waals surface area contributed by atoms with E-state index in [1.165, 1.54) is 11.0 Å². The van der Waals surface area contributed by atoms with Gasteiger partial charge in [0.25, 0.3) is 0 Å². The van der Waals surface area contributed by atoms with E-state index in [0.717, 1.165) is 17.7 Å². The topological polar surface area (TPSA) is 50.8 Å². The fraction of sp³-hybridized carbons (Fsp3) is 0.381.